The van der Waals surface area contributed by atoms with Gasteiger partial charge in [-0.1, -0.05) is 37.1 Å². The number of nitrogens with zero attached hydrogens (tertiary/aromatic N) is 2. The Morgan fingerprint density at radius 1 is 0.846 bits per heavy atom. The number of aromatic hydroxyl groups is 2. The van der Waals surface area contributed by atoms with Gasteiger partial charge in [0.1, 0.15) is 23.9 Å². The molecule has 5 rings (SSSR count). The lowest BCUT2D eigenvalue weighted by Crippen LogP contribution is -2.29. The first-order valence-electron chi connectivity index (χ1n) is 14.7. The molecule has 0 radical (unpaired) electrons. The van der Waals surface area contributed by atoms with Crippen molar-refractivity contribution in [1.82, 2.24) is 4.90 Å². The van der Waals surface area contributed by atoms with Crippen LogP contribution in [0.15, 0.2) is 66.7 Å². The normalized spacial score (nSPS) is 18.2. The van der Waals surface area contributed by atoms with Crippen LogP contribution in [-0.2, 0) is 6.42 Å². The fourth-order valence-corrected chi connectivity index (χ4v) is 5.91. The van der Waals surface area contributed by atoms with Crippen LogP contribution in [-0.4, -0.2) is 61.0 Å². The molecule has 208 valence electrons. The summed E-state index contributed by atoms with van der Waals surface area (Å²) in [6.07, 6.45) is 8.40. The molecule has 2 aliphatic heterocycles. The Kier molecular flexibility index (Phi) is 9.49. The summed E-state index contributed by atoms with van der Waals surface area (Å²) in [6, 6.07) is 21.7. The van der Waals surface area contributed by atoms with Crippen LogP contribution >= 0.6 is 0 Å². The van der Waals surface area contributed by atoms with Crippen molar-refractivity contribution in [3.8, 4) is 17.2 Å². The van der Waals surface area contributed by atoms with Crippen LogP contribution in [0, 0.1) is 0 Å². The van der Waals surface area contributed by atoms with Crippen molar-refractivity contribution in [2.45, 2.75) is 50.9 Å². The third-order valence-electron chi connectivity index (χ3n) is 8.12. The van der Waals surface area contributed by atoms with Gasteiger partial charge in [0.05, 0.1) is 0 Å². The second-order valence-corrected chi connectivity index (χ2v) is 11.0. The highest BCUT2D eigenvalue weighted by molar-refractivity contribution is 5.59. The van der Waals surface area contributed by atoms with E-state index in [1.54, 1.807) is 12.1 Å². The average molecular weight is 530 g/mol. The van der Waals surface area contributed by atoms with Gasteiger partial charge in [-0.2, -0.15) is 0 Å². The number of likely N-dealkylation sites (tertiary alicyclic amines) is 1. The van der Waals surface area contributed by atoms with E-state index in [2.05, 4.69) is 45.4 Å². The van der Waals surface area contributed by atoms with Gasteiger partial charge >= 0.3 is 0 Å². The first kappa shape index (κ1) is 27.2. The summed E-state index contributed by atoms with van der Waals surface area (Å²) in [5, 5.41) is 23.6. The Morgan fingerprint density at radius 2 is 1.64 bits per heavy atom. The Balaban J connectivity index is 1.07. The van der Waals surface area contributed by atoms with Crippen LogP contribution in [0.1, 0.15) is 55.6 Å². The largest absolute Gasteiger partial charge is 0.508 e. The van der Waals surface area contributed by atoms with Gasteiger partial charge in [0, 0.05) is 55.6 Å². The number of rotatable bonds is 11. The van der Waals surface area contributed by atoms with Crippen LogP contribution < -0.4 is 15.0 Å². The molecule has 0 bridgehead atoms. The second-order valence-electron chi connectivity index (χ2n) is 11.0. The molecule has 2 aliphatic rings. The highest BCUT2D eigenvalue weighted by Crippen LogP contribution is 2.36. The minimum atomic E-state index is 0.288. The molecule has 6 heteroatoms. The fraction of sp³-hybridized carbons (Fsp3) is 0.455. The van der Waals surface area contributed by atoms with E-state index >= 15 is 0 Å². The smallest absolute Gasteiger partial charge is 0.119 e. The van der Waals surface area contributed by atoms with Crippen LogP contribution in [0.4, 0.5) is 11.4 Å². The van der Waals surface area contributed by atoms with Crippen LogP contribution in [0.3, 0.4) is 0 Å². The lowest BCUT2D eigenvalue weighted by molar-refractivity contribution is 0.214. The summed E-state index contributed by atoms with van der Waals surface area (Å²) in [5.41, 5.74) is 4.63. The summed E-state index contributed by atoms with van der Waals surface area (Å²) in [4.78, 5) is 4.85. The number of phenols is 2. The minimum absolute atomic E-state index is 0.288. The van der Waals surface area contributed by atoms with E-state index in [1.165, 1.54) is 49.9 Å². The van der Waals surface area contributed by atoms with E-state index in [-0.39, 0.29) is 5.75 Å². The van der Waals surface area contributed by atoms with Gasteiger partial charge in [-0.15, -0.1) is 0 Å². The Hall–Kier alpha value is -3.38. The van der Waals surface area contributed by atoms with Crippen molar-refractivity contribution >= 4 is 11.4 Å². The summed E-state index contributed by atoms with van der Waals surface area (Å²) in [5.74, 6) is 1.92. The predicted molar refractivity (Wildman–Crippen MR) is 159 cm³/mol. The zero-order chi connectivity index (χ0) is 26.9. The van der Waals surface area contributed by atoms with E-state index in [9.17, 15) is 10.2 Å². The van der Waals surface area contributed by atoms with Gasteiger partial charge in [0.2, 0.25) is 0 Å². The van der Waals surface area contributed by atoms with Crippen molar-refractivity contribution < 1.29 is 14.9 Å². The summed E-state index contributed by atoms with van der Waals surface area (Å²) < 4.78 is 6.01. The van der Waals surface area contributed by atoms with Gasteiger partial charge in [-0.25, -0.2) is 0 Å². The summed E-state index contributed by atoms with van der Waals surface area (Å²) >= 11 is 0. The number of hydrogen-bond donors (Lipinski definition) is 3. The van der Waals surface area contributed by atoms with Gasteiger partial charge in [-0.3, -0.25) is 4.90 Å². The lowest BCUT2D eigenvalue weighted by Gasteiger charge is -2.21. The SMILES string of the molecule is Oc1cccc(N2CCC(c3ccc(O)cc3NCCCc3ccc(OCCN4CCCCCC4)cc3)C2)c1. The number of ether oxygens (including phenoxy) is 1. The zero-order valence-electron chi connectivity index (χ0n) is 23.0. The maximum Gasteiger partial charge on any atom is 0.119 e. The fourth-order valence-electron chi connectivity index (χ4n) is 5.91. The van der Waals surface area contributed by atoms with Crippen molar-refractivity contribution in [3.05, 3.63) is 77.9 Å². The molecule has 3 N–H and O–H groups in total. The van der Waals surface area contributed by atoms with E-state index < -0.39 is 0 Å². The lowest BCUT2D eigenvalue weighted by atomic mass is 9.96. The molecule has 39 heavy (non-hydrogen) atoms. The van der Waals surface area contributed by atoms with Gasteiger partial charge in [-0.05, 0) is 86.7 Å². The summed E-state index contributed by atoms with van der Waals surface area (Å²) in [6.45, 7) is 6.87. The van der Waals surface area contributed by atoms with Gasteiger partial charge in [0.15, 0.2) is 0 Å². The molecular formula is C33H43N3O3. The first-order chi connectivity index (χ1) is 19.1. The second kappa shape index (κ2) is 13.6. The zero-order valence-corrected chi connectivity index (χ0v) is 23.0. The van der Waals surface area contributed by atoms with Crippen molar-refractivity contribution in [2.75, 3.05) is 56.1 Å². The van der Waals surface area contributed by atoms with Crippen LogP contribution in [0.2, 0.25) is 0 Å². The number of hydrogen-bond acceptors (Lipinski definition) is 6. The molecule has 0 saturated carbocycles. The third-order valence-corrected chi connectivity index (χ3v) is 8.12. The highest BCUT2D eigenvalue weighted by atomic mass is 16.5. The van der Waals surface area contributed by atoms with Crippen molar-refractivity contribution in [1.29, 1.82) is 0 Å². The van der Waals surface area contributed by atoms with Crippen LogP contribution in [0.5, 0.6) is 17.2 Å². The Labute approximate surface area is 233 Å². The number of nitrogens with one attached hydrogen (secondary N) is 1. The standard InChI is InChI=1S/C33H43N3O3/c37-29-9-5-8-28(23-29)36-20-16-27(25-36)32-15-12-30(38)24-33(32)34-17-6-7-26-10-13-31(14-11-26)39-22-21-35-18-3-1-2-4-19-35/h5,8-15,23-24,27,34,37-38H,1-4,6-7,16-22,25H2. The molecule has 6 nitrogen and oxygen atoms in total. The number of aryl methyl sites for hydroxylation is 1. The van der Waals surface area contributed by atoms with Crippen LogP contribution in [0.25, 0.3) is 0 Å². The van der Waals surface area contributed by atoms with E-state index in [0.29, 0.717) is 11.7 Å². The Bertz CT molecular complexity index is 1180. The monoisotopic (exact) mass is 529 g/mol. The number of anilines is 2. The van der Waals surface area contributed by atoms with Crippen molar-refractivity contribution in [3.63, 3.8) is 0 Å². The predicted octanol–water partition coefficient (Wildman–Crippen LogP) is 6.39. The molecule has 2 fully saturated rings. The quantitative estimate of drug-likeness (QED) is 0.250. The molecular weight excluding hydrogens is 486 g/mol. The van der Waals surface area contributed by atoms with E-state index in [4.69, 9.17) is 4.74 Å². The maximum absolute atomic E-state index is 10.2. The molecule has 0 aromatic heterocycles. The van der Waals surface area contributed by atoms with E-state index in [0.717, 1.165) is 69.2 Å². The molecule has 3 aromatic carbocycles. The molecule has 0 aliphatic carbocycles. The molecule has 0 spiro atoms. The molecule has 1 unspecified atom stereocenters. The number of phenolic OH excluding ortho intramolecular Hbond substituents is 2. The Morgan fingerprint density at radius 3 is 2.44 bits per heavy atom. The molecule has 3 aromatic rings. The molecule has 2 saturated heterocycles. The minimum Gasteiger partial charge on any atom is -0.508 e. The maximum atomic E-state index is 10.2. The topological polar surface area (TPSA) is 68.2 Å². The molecule has 0 amide bonds. The summed E-state index contributed by atoms with van der Waals surface area (Å²) in [7, 11) is 0. The van der Waals surface area contributed by atoms with Gasteiger partial charge in [0.25, 0.3) is 0 Å². The average Bonchev–Trinajstić information content (AvgIpc) is 3.29. The van der Waals surface area contributed by atoms with Gasteiger partial charge < -0.3 is 25.2 Å². The molecule has 1 atom stereocenters. The first-order valence-corrected chi connectivity index (χ1v) is 14.7. The van der Waals surface area contributed by atoms with Crippen molar-refractivity contribution in [2.24, 2.45) is 0 Å². The highest BCUT2D eigenvalue weighted by Gasteiger charge is 2.26. The van der Waals surface area contributed by atoms with E-state index in [1.807, 2.05) is 24.3 Å². The molecule has 2 heterocycles. The number of benzene rings is 3. The third kappa shape index (κ3) is 7.82.